The van der Waals surface area contributed by atoms with Gasteiger partial charge in [0.05, 0.1) is 51.8 Å². The first-order valence-electron chi connectivity index (χ1n) is 6.35. The third-order valence-electron chi connectivity index (χ3n) is 3.13. The summed E-state index contributed by atoms with van der Waals surface area (Å²) in [5, 5.41) is 0. The van der Waals surface area contributed by atoms with Crippen LogP contribution in [0, 0.1) is 0 Å². The van der Waals surface area contributed by atoms with Gasteiger partial charge in [-0.05, 0) is 12.8 Å². The van der Waals surface area contributed by atoms with Crippen LogP contribution >= 0.6 is 0 Å². The molecule has 0 radical (unpaired) electrons. The molecular formula is C12H22O4. The van der Waals surface area contributed by atoms with Crippen LogP contribution in [-0.2, 0) is 18.9 Å². The summed E-state index contributed by atoms with van der Waals surface area (Å²) in [4.78, 5) is 0. The lowest BCUT2D eigenvalue weighted by Gasteiger charge is -2.31. The molecule has 2 fully saturated rings. The zero-order valence-electron chi connectivity index (χ0n) is 9.86. The fourth-order valence-corrected chi connectivity index (χ4v) is 2.28. The Labute approximate surface area is 97.2 Å². The van der Waals surface area contributed by atoms with Crippen LogP contribution in [0.25, 0.3) is 0 Å². The molecule has 0 amide bonds. The molecule has 0 spiro atoms. The number of ether oxygens (including phenoxy) is 4. The van der Waals surface area contributed by atoms with Gasteiger partial charge in [0.25, 0.3) is 0 Å². The minimum absolute atomic E-state index is 0.261. The van der Waals surface area contributed by atoms with Crippen LogP contribution in [0.5, 0.6) is 0 Å². The van der Waals surface area contributed by atoms with Gasteiger partial charge in [0, 0.05) is 0 Å². The molecule has 94 valence electrons. The average molecular weight is 230 g/mol. The molecule has 2 rings (SSSR count). The van der Waals surface area contributed by atoms with E-state index in [4.69, 9.17) is 18.9 Å². The largest absolute Gasteiger partial charge is 0.377 e. The monoisotopic (exact) mass is 230 g/mol. The second kappa shape index (κ2) is 7.22. The molecule has 0 bridgehead atoms. The Morgan fingerprint density at radius 3 is 1.50 bits per heavy atom. The molecular weight excluding hydrogens is 208 g/mol. The third-order valence-corrected chi connectivity index (χ3v) is 3.13. The van der Waals surface area contributed by atoms with E-state index >= 15 is 0 Å². The molecule has 2 atom stereocenters. The minimum Gasteiger partial charge on any atom is -0.377 e. The van der Waals surface area contributed by atoms with Crippen molar-refractivity contribution in [1.82, 2.24) is 0 Å². The molecule has 4 nitrogen and oxygen atoms in total. The summed E-state index contributed by atoms with van der Waals surface area (Å²) in [5.41, 5.74) is 0. The van der Waals surface area contributed by atoms with Crippen LogP contribution in [0.2, 0.25) is 0 Å². The molecule has 2 aliphatic rings. The van der Waals surface area contributed by atoms with Crippen molar-refractivity contribution in [3.8, 4) is 0 Å². The Hall–Kier alpha value is -0.160. The highest BCUT2D eigenvalue weighted by atomic mass is 16.6. The van der Waals surface area contributed by atoms with Crippen LogP contribution in [-0.4, -0.2) is 51.8 Å². The average Bonchev–Trinajstić information content (AvgIpc) is 2.30. The van der Waals surface area contributed by atoms with E-state index in [1.54, 1.807) is 0 Å². The molecule has 1 saturated heterocycles. The van der Waals surface area contributed by atoms with Gasteiger partial charge in [-0.1, -0.05) is 12.8 Å². The molecule has 16 heavy (non-hydrogen) atoms. The van der Waals surface area contributed by atoms with Gasteiger partial charge < -0.3 is 18.9 Å². The summed E-state index contributed by atoms with van der Waals surface area (Å²) < 4.78 is 22.4. The fraction of sp³-hybridized carbons (Fsp3) is 1.00. The SMILES string of the molecule is C1CC[C@H]2OCCOCCOCCO[C@H]2C1. The summed E-state index contributed by atoms with van der Waals surface area (Å²) in [5.74, 6) is 0. The first-order valence-corrected chi connectivity index (χ1v) is 6.35. The molecule has 1 heterocycles. The maximum Gasteiger partial charge on any atom is 0.0837 e. The number of rotatable bonds is 0. The molecule has 0 aromatic heterocycles. The number of hydrogen-bond acceptors (Lipinski definition) is 4. The van der Waals surface area contributed by atoms with Crippen molar-refractivity contribution in [2.75, 3.05) is 39.6 Å². The zero-order valence-corrected chi connectivity index (χ0v) is 9.86. The summed E-state index contributed by atoms with van der Waals surface area (Å²) in [6.45, 7) is 3.96. The molecule has 1 aliphatic heterocycles. The summed E-state index contributed by atoms with van der Waals surface area (Å²) in [6.07, 6.45) is 5.26. The quantitative estimate of drug-likeness (QED) is 0.630. The van der Waals surface area contributed by atoms with Gasteiger partial charge in [-0.15, -0.1) is 0 Å². The van der Waals surface area contributed by atoms with Crippen molar-refractivity contribution in [3.05, 3.63) is 0 Å². The van der Waals surface area contributed by atoms with E-state index in [0.717, 1.165) is 12.8 Å². The predicted molar refractivity (Wildman–Crippen MR) is 59.6 cm³/mol. The van der Waals surface area contributed by atoms with Gasteiger partial charge in [-0.2, -0.15) is 0 Å². The highest BCUT2D eigenvalue weighted by Gasteiger charge is 2.26. The standard InChI is InChI=1S/C12H22O4/c1-2-4-12-11(3-1)15-9-7-13-5-6-14-8-10-16-12/h11-12H,1-10H2/t11-,12+. The van der Waals surface area contributed by atoms with E-state index in [-0.39, 0.29) is 12.2 Å². The molecule has 0 aromatic carbocycles. The van der Waals surface area contributed by atoms with Gasteiger partial charge >= 0.3 is 0 Å². The van der Waals surface area contributed by atoms with Crippen molar-refractivity contribution in [2.24, 2.45) is 0 Å². The van der Waals surface area contributed by atoms with Crippen LogP contribution in [0.1, 0.15) is 25.7 Å². The summed E-state index contributed by atoms with van der Waals surface area (Å²) in [6, 6.07) is 0. The lowest BCUT2D eigenvalue weighted by Crippen LogP contribution is -2.36. The normalized spacial score (nSPS) is 34.5. The van der Waals surface area contributed by atoms with Crippen molar-refractivity contribution in [3.63, 3.8) is 0 Å². The van der Waals surface area contributed by atoms with Crippen molar-refractivity contribution < 1.29 is 18.9 Å². The topological polar surface area (TPSA) is 36.9 Å². The predicted octanol–water partition coefficient (Wildman–Crippen LogP) is 1.38. The summed E-state index contributed by atoms with van der Waals surface area (Å²) >= 11 is 0. The van der Waals surface area contributed by atoms with Crippen LogP contribution in [0.4, 0.5) is 0 Å². The number of hydrogen-bond donors (Lipinski definition) is 0. The Bertz CT molecular complexity index is 166. The molecule has 0 N–H and O–H groups in total. The highest BCUT2D eigenvalue weighted by molar-refractivity contribution is 4.76. The van der Waals surface area contributed by atoms with Gasteiger partial charge in [0.1, 0.15) is 0 Å². The first-order chi connectivity index (χ1) is 7.97. The lowest BCUT2D eigenvalue weighted by atomic mass is 9.94. The molecule has 0 unspecified atom stereocenters. The molecule has 0 aromatic rings. The van der Waals surface area contributed by atoms with Crippen LogP contribution < -0.4 is 0 Å². The van der Waals surface area contributed by atoms with Gasteiger partial charge in [0.15, 0.2) is 0 Å². The third kappa shape index (κ3) is 4.01. The van der Waals surface area contributed by atoms with E-state index in [1.807, 2.05) is 0 Å². The smallest absolute Gasteiger partial charge is 0.0837 e. The maximum absolute atomic E-state index is 5.83. The Balaban J connectivity index is 1.79. The van der Waals surface area contributed by atoms with E-state index in [1.165, 1.54) is 12.8 Å². The van der Waals surface area contributed by atoms with Crippen molar-refractivity contribution in [2.45, 2.75) is 37.9 Å². The van der Waals surface area contributed by atoms with E-state index in [9.17, 15) is 0 Å². The van der Waals surface area contributed by atoms with Crippen molar-refractivity contribution >= 4 is 0 Å². The van der Waals surface area contributed by atoms with Gasteiger partial charge in [-0.25, -0.2) is 0 Å². The second-order valence-electron chi connectivity index (χ2n) is 4.33. The molecule has 1 saturated carbocycles. The minimum atomic E-state index is 0.261. The van der Waals surface area contributed by atoms with Gasteiger partial charge in [0.2, 0.25) is 0 Å². The fourth-order valence-electron chi connectivity index (χ4n) is 2.28. The Morgan fingerprint density at radius 2 is 1.00 bits per heavy atom. The van der Waals surface area contributed by atoms with Crippen LogP contribution in [0.15, 0.2) is 0 Å². The van der Waals surface area contributed by atoms with Gasteiger partial charge in [-0.3, -0.25) is 0 Å². The molecule has 1 aliphatic carbocycles. The Morgan fingerprint density at radius 1 is 0.562 bits per heavy atom. The maximum atomic E-state index is 5.83. The van der Waals surface area contributed by atoms with Crippen LogP contribution in [0.3, 0.4) is 0 Å². The zero-order chi connectivity index (χ0) is 11.1. The molecule has 4 heteroatoms. The number of fused-ring (bicyclic) bond motifs is 1. The summed E-state index contributed by atoms with van der Waals surface area (Å²) in [7, 11) is 0. The first kappa shape index (κ1) is 12.3. The van der Waals surface area contributed by atoms with E-state index in [0.29, 0.717) is 39.6 Å². The highest BCUT2D eigenvalue weighted by Crippen LogP contribution is 2.23. The van der Waals surface area contributed by atoms with Crippen molar-refractivity contribution in [1.29, 1.82) is 0 Å². The second-order valence-corrected chi connectivity index (χ2v) is 4.33. The Kier molecular flexibility index (Phi) is 5.55. The lowest BCUT2D eigenvalue weighted by molar-refractivity contribution is -0.119. The van der Waals surface area contributed by atoms with E-state index in [2.05, 4.69) is 0 Å². The van der Waals surface area contributed by atoms with E-state index < -0.39 is 0 Å².